The van der Waals surface area contributed by atoms with Crippen LogP contribution in [0.3, 0.4) is 0 Å². The van der Waals surface area contributed by atoms with E-state index >= 15 is 4.39 Å². The van der Waals surface area contributed by atoms with Crippen LogP contribution in [0.4, 0.5) is 14.6 Å². The van der Waals surface area contributed by atoms with Gasteiger partial charge in [0.15, 0.2) is 17.2 Å². The first-order valence-corrected chi connectivity index (χ1v) is 12.6. The molecule has 3 aromatic heterocycles. The zero-order chi connectivity index (χ0) is 25.8. The van der Waals surface area contributed by atoms with Crippen molar-refractivity contribution in [2.45, 2.75) is 52.0 Å². The summed E-state index contributed by atoms with van der Waals surface area (Å²) in [4.78, 5) is 29.5. The number of aryl methyl sites for hydroxylation is 1. The van der Waals surface area contributed by atoms with Crippen LogP contribution < -0.4 is 15.3 Å². The zero-order valence-corrected chi connectivity index (χ0v) is 21.0. The maximum Gasteiger partial charge on any atom is 0.355 e. The summed E-state index contributed by atoms with van der Waals surface area (Å²) in [6.45, 7) is 6.77. The fourth-order valence-corrected chi connectivity index (χ4v) is 5.47. The molecule has 0 radical (unpaired) electrons. The lowest BCUT2D eigenvalue weighted by molar-refractivity contribution is 0.258. The molecule has 0 aliphatic carbocycles. The van der Waals surface area contributed by atoms with Crippen LogP contribution in [0.25, 0.3) is 28.0 Å². The molecule has 7 nitrogen and oxygen atoms in total. The van der Waals surface area contributed by atoms with Gasteiger partial charge in [-0.3, -0.25) is 4.98 Å². The van der Waals surface area contributed by atoms with Gasteiger partial charge in [0, 0.05) is 18.3 Å². The third kappa shape index (κ3) is 3.67. The van der Waals surface area contributed by atoms with Crippen molar-refractivity contribution in [2.24, 2.45) is 0 Å². The number of rotatable bonds is 3. The number of anilines is 1. The minimum Gasteiger partial charge on any atom is -0.487 e. The van der Waals surface area contributed by atoms with Crippen molar-refractivity contribution in [3.05, 3.63) is 69.9 Å². The molecule has 0 amide bonds. The highest BCUT2D eigenvalue weighted by Gasteiger charge is 2.35. The van der Waals surface area contributed by atoms with Crippen LogP contribution in [0.1, 0.15) is 50.3 Å². The molecule has 1 saturated heterocycles. The highest BCUT2D eigenvalue weighted by Crippen LogP contribution is 2.43. The maximum atomic E-state index is 16.2. The lowest BCUT2D eigenvalue weighted by atomic mass is 10.0. The molecule has 9 heteroatoms. The number of benzene rings is 1. The van der Waals surface area contributed by atoms with Crippen molar-refractivity contribution in [3.8, 4) is 22.7 Å². The summed E-state index contributed by atoms with van der Waals surface area (Å²) in [7, 11) is 0. The fourth-order valence-electron chi connectivity index (χ4n) is 5.47. The van der Waals surface area contributed by atoms with Gasteiger partial charge < -0.3 is 9.64 Å². The Morgan fingerprint density at radius 2 is 1.92 bits per heavy atom. The van der Waals surface area contributed by atoms with Gasteiger partial charge in [-0.2, -0.15) is 4.98 Å². The highest BCUT2D eigenvalue weighted by molar-refractivity contribution is 5.96. The lowest BCUT2D eigenvalue weighted by Crippen LogP contribution is -2.43. The Hall–Kier alpha value is -3.88. The van der Waals surface area contributed by atoms with E-state index in [1.807, 2.05) is 31.7 Å². The van der Waals surface area contributed by atoms with Crippen LogP contribution in [-0.2, 0) is 0 Å². The number of pyridine rings is 2. The molecule has 2 aliphatic heterocycles. The number of hydrogen-bond acceptors (Lipinski definition) is 6. The predicted molar refractivity (Wildman–Crippen MR) is 138 cm³/mol. The minimum absolute atomic E-state index is 0.00641. The van der Waals surface area contributed by atoms with Crippen LogP contribution in [-0.4, -0.2) is 38.7 Å². The molecule has 190 valence electrons. The van der Waals surface area contributed by atoms with E-state index in [0.717, 1.165) is 24.8 Å². The van der Waals surface area contributed by atoms with Crippen LogP contribution in [0.2, 0.25) is 0 Å². The third-order valence-corrected chi connectivity index (χ3v) is 7.28. The van der Waals surface area contributed by atoms with E-state index in [2.05, 4.69) is 15.0 Å². The second-order valence-corrected chi connectivity index (χ2v) is 10.0. The number of hydrogen-bond donors (Lipinski definition) is 0. The first-order chi connectivity index (χ1) is 17.9. The number of fused-ring (bicyclic) bond motifs is 2. The molecule has 0 saturated carbocycles. The smallest absolute Gasteiger partial charge is 0.355 e. The van der Waals surface area contributed by atoms with Gasteiger partial charge in [-0.15, -0.1) is 0 Å². The topological polar surface area (TPSA) is 73.1 Å². The summed E-state index contributed by atoms with van der Waals surface area (Å²) in [6, 6.07) is 7.65. The summed E-state index contributed by atoms with van der Waals surface area (Å²) < 4.78 is 38.6. The van der Waals surface area contributed by atoms with Crippen molar-refractivity contribution in [1.29, 1.82) is 0 Å². The van der Waals surface area contributed by atoms with Crippen molar-refractivity contribution in [1.82, 2.24) is 19.5 Å². The van der Waals surface area contributed by atoms with Gasteiger partial charge in [-0.25, -0.2) is 23.1 Å². The number of aromatic nitrogens is 4. The Morgan fingerprint density at radius 1 is 1.11 bits per heavy atom. The van der Waals surface area contributed by atoms with Gasteiger partial charge in [0.25, 0.3) is 0 Å². The SMILES string of the molecule is Cc1ccnc(C(C)C)c1-n1c(=O)nc2c3c(c(F)c(-c4ccccc4F)nc31)OC[C@@H]1CCCCN21. The summed E-state index contributed by atoms with van der Waals surface area (Å²) in [5, 5.41) is 0.319. The summed E-state index contributed by atoms with van der Waals surface area (Å²) in [5.74, 6) is -1.08. The summed E-state index contributed by atoms with van der Waals surface area (Å²) in [5.41, 5.74) is 1.44. The number of halogens is 2. The van der Waals surface area contributed by atoms with Gasteiger partial charge in [-0.1, -0.05) is 26.0 Å². The second-order valence-electron chi connectivity index (χ2n) is 10.0. The number of piperidine rings is 1. The van der Waals surface area contributed by atoms with E-state index in [-0.39, 0.29) is 41.2 Å². The predicted octanol–water partition coefficient (Wildman–Crippen LogP) is 5.30. The zero-order valence-electron chi connectivity index (χ0n) is 21.0. The first kappa shape index (κ1) is 23.5. The molecule has 0 spiro atoms. The molecule has 37 heavy (non-hydrogen) atoms. The summed E-state index contributed by atoms with van der Waals surface area (Å²) in [6.07, 6.45) is 4.48. The quantitative estimate of drug-likeness (QED) is 0.378. The Labute approximate surface area is 212 Å². The van der Waals surface area contributed by atoms with E-state index in [1.54, 1.807) is 12.3 Å². The molecule has 1 aromatic carbocycles. The van der Waals surface area contributed by atoms with Gasteiger partial charge in [0.05, 0.1) is 17.4 Å². The second kappa shape index (κ2) is 8.90. The average molecular weight is 504 g/mol. The standard InChI is InChI=1S/C28H27F2N5O2/c1-15(2)22-24(16(3)11-12-31-22)35-27-20-25(21(30)23(32-27)18-9-4-5-10-19(18)29)37-14-17-8-6-7-13-34(17)26(20)33-28(35)36/h4-5,9-12,15,17H,6-8,13-14H2,1-3H3/t17-/m0/s1. The molecular weight excluding hydrogens is 476 g/mol. The van der Waals surface area contributed by atoms with Crippen molar-refractivity contribution in [3.63, 3.8) is 0 Å². The maximum absolute atomic E-state index is 16.2. The van der Waals surface area contributed by atoms with Crippen LogP contribution in [0, 0.1) is 18.6 Å². The molecular formula is C28H27F2N5O2. The molecule has 0 N–H and O–H groups in total. The van der Waals surface area contributed by atoms with Gasteiger partial charge in [-0.05, 0) is 55.9 Å². The molecule has 6 rings (SSSR count). The number of ether oxygens (including phenoxy) is 1. The lowest BCUT2D eigenvalue weighted by Gasteiger charge is -2.34. The molecule has 0 bridgehead atoms. The van der Waals surface area contributed by atoms with E-state index in [9.17, 15) is 9.18 Å². The van der Waals surface area contributed by atoms with Crippen molar-refractivity contribution < 1.29 is 13.5 Å². The fraction of sp³-hybridized carbons (Fsp3) is 0.357. The third-order valence-electron chi connectivity index (χ3n) is 7.28. The van der Waals surface area contributed by atoms with Gasteiger partial charge in [0.2, 0.25) is 0 Å². The van der Waals surface area contributed by atoms with Crippen molar-refractivity contribution in [2.75, 3.05) is 18.1 Å². The van der Waals surface area contributed by atoms with Crippen LogP contribution in [0.15, 0.2) is 41.3 Å². The van der Waals surface area contributed by atoms with Crippen LogP contribution in [0.5, 0.6) is 5.75 Å². The molecule has 4 aromatic rings. The van der Waals surface area contributed by atoms with Crippen molar-refractivity contribution >= 4 is 16.9 Å². The largest absolute Gasteiger partial charge is 0.487 e. The molecule has 1 atom stereocenters. The van der Waals surface area contributed by atoms with E-state index < -0.39 is 17.3 Å². The Morgan fingerprint density at radius 3 is 2.70 bits per heavy atom. The van der Waals surface area contributed by atoms with Gasteiger partial charge in [0.1, 0.15) is 29.3 Å². The monoisotopic (exact) mass is 503 g/mol. The Bertz CT molecular complexity index is 1600. The average Bonchev–Trinajstić information content (AvgIpc) is 3.05. The van der Waals surface area contributed by atoms with E-state index in [0.29, 0.717) is 29.1 Å². The Balaban J connectivity index is 1.78. The van der Waals surface area contributed by atoms with E-state index in [4.69, 9.17) is 4.74 Å². The highest BCUT2D eigenvalue weighted by atomic mass is 19.1. The minimum atomic E-state index is -0.766. The van der Waals surface area contributed by atoms with E-state index in [1.165, 1.54) is 22.8 Å². The van der Waals surface area contributed by atoms with Gasteiger partial charge >= 0.3 is 5.69 Å². The first-order valence-electron chi connectivity index (χ1n) is 12.6. The molecule has 2 aliphatic rings. The summed E-state index contributed by atoms with van der Waals surface area (Å²) >= 11 is 0. The number of nitrogens with zero attached hydrogens (tertiary/aromatic N) is 5. The normalized spacial score (nSPS) is 17.0. The Kier molecular flexibility index (Phi) is 5.66. The molecule has 0 unspecified atom stereocenters. The van der Waals surface area contributed by atoms with Crippen LogP contribution >= 0.6 is 0 Å². The molecule has 1 fully saturated rings. The molecule has 5 heterocycles.